The van der Waals surface area contributed by atoms with Crippen LogP contribution in [0.4, 0.5) is 0 Å². The number of carbonyl (C=O) groups is 1. The molecule has 0 fully saturated rings. The van der Waals surface area contributed by atoms with Crippen molar-refractivity contribution < 1.29 is 14.5 Å². The SMILES string of the molecule is NC(=O)c1ccc[n+](CCO)c1. The molecule has 4 nitrogen and oxygen atoms in total. The van der Waals surface area contributed by atoms with Crippen LogP contribution in [0.1, 0.15) is 10.4 Å². The lowest BCUT2D eigenvalue weighted by Crippen LogP contribution is -2.36. The molecule has 3 N–H and O–H groups in total. The second-order valence-corrected chi connectivity index (χ2v) is 2.42. The molecule has 1 aromatic rings. The number of amides is 1. The van der Waals surface area contributed by atoms with Gasteiger partial charge in [-0.2, -0.15) is 0 Å². The van der Waals surface area contributed by atoms with Crippen LogP contribution in [0.5, 0.6) is 0 Å². The van der Waals surface area contributed by atoms with E-state index in [1.54, 1.807) is 29.1 Å². The van der Waals surface area contributed by atoms with E-state index < -0.39 is 5.91 Å². The van der Waals surface area contributed by atoms with Gasteiger partial charge in [-0.25, -0.2) is 4.57 Å². The Labute approximate surface area is 70.3 Å². The summed E-state index contributed by atoms with van der Waals surface area (Å²) in [5.74, 6) is -0.456. The largest absolute Gasteiger partial charge is 0.390 e. The Bertz CT molecular complexity index is 286. The molecule has 1 aromatic heterocycles. The summed E-state index contributed by atoms with van der Waals surface area (Å²) < 4.78 is 1.71. The molecular weight excluding hydrogens is 156 g/mol. The second kappa shape index (κ2) is 3.82. The highest BCUT2D eigenvalue weighted by molar-refractivity contribution is 5.92. The van der Waals surface area contributed by atoms with Crippen molar-refractivity contribution in [2.75, 3.05) is 6.61 Å². The number of nitrogens with two attached hydrogens (primary N) is 1. The van der Waals surface area contributed by atoms with Crippen molar-refractivity contribution in [3.63, 3.8) is 0 Å². The van der Waals surface area contributed by atoms with Gasteiger partial charge in [0.25, 0.3) is 5.91 Å². The maximum Gasteiger partial charge on any atom is 0.254 e. The molecule has 0 aliphatic heterocycles. The minimum absolute atomic E-state index is 0.0485. The molecule has 1 heterocycles. The Morgan fingerprint density at radius 3 is 3.00 bits per heavy atom. The molecule has 0 bridgehead atoms. The molecule has 1 rings (SSSR count). The predicted molar refractivity (Wildman–Crippen MR) is 42.2 cm³/mol. The highest BCUT2D eigenvalue weighted by Gasteiger charge is 2.05. The van der Waals surface area contributed by atoms with Gasteiger partial charge < -0.3 is 10.8 Å². The number of carbonyl (C=O) groups excluding carboxylic acids is 1. The van der Waals surface area contributed by atoms with Crippen LogP contribution in [0.15, 0.2) is 24.5 Å². The summed E-state index contributed by atoms with van der Waals surface area (Å²) in [7, 11) is 0. The quantitative estimate of drug-likeness (QED) is 0.571. The van der Waals surface area contributed by atoms with Gasteiger partial charge in [-0.1, -0.05) is 0 Å². The summed E-state index contributed by atoms with van der Waals surface area (Å²) >= 11 is 0. The van der Waals surface area contributed by atoms with Crippen molar-refractivity contribution in [2.24, 2.45) is 5.73 Å². The van der Waals surface area contributed by atoms with Gasteiger partial charge in [0, 0.05) is 6.07 Å². The fraction of sp³-hybridized carbons (Fsp3) is 0.250. The van der Waals surface area contributed by atoms with Crippen molar-refractivity contribution >= 4 is 5.91 Å². The number of aliphatic hydroxyl groups excluding tert-OH is 1. The van der Waals surface area contributed by atoms with Crippen LogP contribution in [0.25, 0.3) is 0 Å². The first-order chi connectivity index (χ1) is 5.74. The van der Waals surface area contributed by atoms with E-state index in [-0.39, 0.29) is 6.61 Å². The van der Waals surface area contributed by atoms with E-state index in [0.717, 1.165) is 0 Å². The average molecular weight is 167 g/mol. The summed E-state index contributed by atoms with van der Waals surface area (Å²) in [5, 5.41) is 8.61. The normalized spacial score (nSPS) is 9.75. The lowest BCUT2D eigenvalue weighted by molar-refractivity contribution is -0.698. The molecule has 0 aromatic carbocycles. The number of aromatic nitrogens is 1. The molecule has 1 amide bonds. The molecule has 12 heavy (non-hydrogen) atoms. The third kappa shape index (κ3) is 2.03. The fourth-order valence-electron chi connectivity index (χ4n) is 0.922. The average Bonchev–Trinajstić information content (AvgIpc) is 2.05. The van der Waals surface area contributed by atoms with Crippen LogP contribution in [-0.4, -0.2) is 17.6 Å². The zero-order valence-electron chi connectivity index (χ0n) is 6.60. The first-order valence-electron chi connectivity index (χ1n) is 3.64. The van der Waals surface area contributed by atoms with Crippen LogP contribution in [0, 0.1) is 0 Å². The standard InChI is InChI=1S/C8H10N2O2/c9-8(12)7-2-1-3-10(6-7)4-5-11/h1-3,6,11H,4-5H2,(H-,9,12)/p+1. The number of rotatable bonds is 3. The summed E-state index contributed by atoms with van der Waals surface area (Å²) in [6.07, 6.45) is 3.38. The lowest BCUT2D eigenvalue weighted by atomic mass is 10.3. The number of nitrogens with zero attached hydrogens (tertiary/aromatic N) is 1. The second-order valence-electron chi connectivity index (χ2n) is 2.42. The number of pyridine rings is 1. The highest BCUT2D eigenvalue weighted by Crippen LogP contribution is 1.91. The maximum absolute atomic E-state index is 10.7. The van der Waals surface area contributed by atoms with Crippen molar-refractivity contribution in [3.8, 4) is 0 Å². The molecule has 0 aliphatic rings. The van der Waals surface area contributed by atoms with E-state index in [4.69, 9.17) is 10.8 Å². The monoisotopic (exact) mass is 167 g/mol. The van der Waals surface area contributed by atoms with E-state index in [1.807, 2.05) is 0 Å². The van der Waals surface area contributed by atoms with Gasteiger partial charge >= 0.3 is 0 Å². The summed E-state index contributed by atoms with van der Waals surface area (Å²) in [6, 6.07) is 3.35. The van der Waals surface area contributed by atoms with Gasteiger partial charge in [-0.05, 0) is 6.07 Å². The third-order valence-corrected chi connectivity index (χ3v) is 1.50. The Balaban J connectivity index is 2.88. The van der Waals surface area contributed by atoms with Gasteiger partial charge in [-0.3, -0.25) is 4.79 Å². The molecule has 4 heteroatoms. The molecule has 0 saturated heterocycles. The van der Waals surface area contributed by atoms with E-state index in [9.17, 15) is 4.79 Å². The molecule has 64 valence electrons. The van der Waals surface area contributed by atoms with E-state index in [2.05, 4.69) is 0 Å². The first kappa shape index (κ1) is 8.67. The zero-order valence-corrected chi connectivity index (χ0v) is 6.60. The highest BCUT2D eigenvalue weighted by atomic mass is 16.3. The van der Waals surface area contributed by atoms with Gasteiger partial charge in [0.2, 0.25) is 0 Å². The number of hydrogen-bond donors (Lipinski definition) is 2. The first-order valence-corrected chi connectivity index (χ1v) is 3.64. The zero-order chi connectivity index (χ0) is 8.97. The van der Waals surface area contributed by atoms with Crippen LogP contribution in [-0.2, 0) is 6.54 Å². The van der Waals surface area contributed by atoms with Crippen molar-refractivity contribution in [1.29, 1.82) is 0 Å². The van der Waals surface area contributed by atoms with Gasteiger partial charge in [0.05, 0.1) is 0 Å². The van der Waals surface area contributed by atoms with Crippen molar-refractivity contribution in [3.05, 3.63) is 30.1 Å². The third-order valence-electron chi connectivity index (χ3n) is 1.50. The number of hydrogen-bond acceptors (Lipinski definition) is 2. The Hall–Kier alpha value is -1.42. The molecule has 0 atom stereocenters. The van der Waals surface area contributed by atoms with Gasteiger partial charge in [0.15, 0.2) is 18.9 Å². The molecule has 0 unspecified atom stereocenters. The van der Waals surface area contributed by atoms with Crippen LogP contribution in [0.2, 0.25) is 0 Å². The topological polar surface area (TPSA) is 67.2 Å². The Morgan fingerprint density at radius 1 is 1.67 bits per heavy atom. The van der Waals surface area contributed by atoms with E-state index in [1.165, 1.54) is 0 Å². The molecule has 0 saturated carbocycles. The molecule has 0 radical (unpaired) electrons. The Morgan fingerprint density at radius 2 is 2.42 bits per heavy atom. The lowest BCUT2D eigenvalue weighted by Gasteiger charge is -1.94. The maximum atomic E-state index is 10.7. The summed E-state index contributed by atoms with van der Waals surface area (Å²) in [4.78, 5) is 10.7. The van der Waals surface area contributed by atoms with Gasteiger partial charge in [-0.15, -0.1) is 0 Å². The van der Waals surface area contributed by atoms with E-state index >= 15 is 0 Å². The Kier molecular flexibility index (Phi) is 2.76. The van der Waals surface area contributed by atoms with Crippen LogP contribution in [0.3, 0.4) is 0 Å². The molecule has 0 aliphatic carbocycles. The van der Waals surface area contributed by atoms with Crippen LogP contribution >= 0.6 is 0 Å². The smallest absolute Gasteiger partial charge is 0.254 e. The summed E-state index contributed by atoms with van der Waals surface area (Å²) in [5.41, 5.74) is 5.51. The summed E-state index contributed by atoms with van der Waals surface area (Å²) in [6.45, 7) is 0.522. The number of aliphatic hydroxyl groups is 1. The fourth-order valence-corrected chi connectivity index (χ4v) is 0.922. The minimum atomic E-state index is -0.456. The van der Waals surface area contributed by atoms with E-state index in [0.29, 0.717) is 12.1 Å². The predicted octanol–water partition coefficient (Wildman–Crippen LogP) is -0.935. The minimum Gasteiger partial charge on any atom is -0.390 e. The van der Waals surface area contributed by atoms with Gasteiger partial charge in [0.1, 0.15) is 12.2 Å². The molecular formula is C8H11N2O2+. The van der Waals surface area contributed by atoms with Crippen molar-refractivity contribution in [1.82, 2.24) is 0 Å². The van der Waals surface area contributed by atoms with Crippen LogP contribution < -0.4 is 10.3 Å². The molecule has 0 spiro atoms. The number of primary amides is 1. The van der Waals surface area contributed by atoms with Crippen molar-refractivity contribution in [2.45, 2.75) is 6.54 Å².